The minimum Gasteiger partial charge on any atom is -0.461 e. The van der Waals surface area contributed by atoms with Crippen LogP contribution < -0.4 is 0 Å². The predicted molar refractivity (Wildman–Crippen MR) is 287 cm³/mol. The topological polar surface area (TPSA) is 72.8 Å². The molecule has 0 saturated carbocycles. The molecule has 0 saturated heterocycles. The zero-order valence-electron chi connectivity index (χ0n) is 41.6. The summed E-state index contributed by atoms with van der Waals surface area (Å²) in [5, 5.41) is 9.59. The van der Waals surface area contributed by atoms with Crippen molar-refractivity contribution in [1.29, 1.82) is 0 Å². The van der Waals surface area contributed by atoms with Gasteiger partial charge in [0.15, 0.2) is 6.10 Å². The van der Waals surface area contributed by atoms with Gasteiger partial charge in [0.1, 0.15) is 6.61 Å². The normalized spacial score (nSPS) is 13.7. The summed E-state index contributed by atoms with van der Waals surface area (Å²) in [5.41, 5.74) is 0. The molecule has 0 aliphatic carbocycles. The van der Waals surface area contributed by atoms with E-state index in [1.165, 1.54) is 38.5 Å². The lowest BCUT2D eigenvalue weighted by molar-refractivity contribution is -0.161. The number of aliphatic hydroxyl groups is 1. The third-order valence-corrected chi connectivity index (χ3v) is 10.0. The Morgan fingerprint density at radius 3 is 0.985 bits per heavy atom. The zero-order chi connectivity index (χ0) is 47.7. The molecule has 1 N–H and O–H groups in total. The van der Waals surface area contributed by atoms with E-state index in [0.717, 1.165) is 116 Å². The van der Waals surface area contributed by atoms with E-state index in [0.29, 0.717) is 6.42 Å². The smallest absolute Gasteiger partial charge is 0.309 e. The molecular formula is C61H92O5. The van der Waals surface area contributed by atoms with Gasteiger partial charge in [0.25, 0.3) is 0 Å². The molecule has 66 heavy (non-hydrogen) atoms. The molecule has 0 aliphatic heterocycles. The fourth-order valence-corrected chi connectivity index (χ4v) is 6.27. The van der Waals surface area contributed by atoms with Crippen LogP contribution in [0.25, 0.3) is 0 Å². The average Bonchev–Trinajstić information content (AvgIpc) is 3.32. The summed E-state index contributed by atoms with van der Waals surface area (Å²) < 4.78 is 10.5. The highest BCUT2D eigenvalue weighted by molar-refractivity contribution is 5.71. The lowest BCUT2D eigenvalue weighted by Gasteiger charge is -2.15. The van der Waals surface area contributed by atoms with Crippen molar-refractivity contribution in [3.63, 3.8) is 0 Å². The van der Waals surface area contributed by atoms with E-state index in [1.54, 1.807) is 6.08 Å². The molecule has 0 aromatic heterocycles. The Labute approximate surface area is 404 Å². The summed E-state index contributed by atoms with van der Waals surface area (Å²) in [6, 6.07) is 0. The van der Waals surface area contributed by atoms with Crippen molar-refractivity contribution >= 4 is 11.9 Å². The Kier molecular flexibility index (Phi) is 50.7. The Bertz CT molecular complexity index is 1540. The second-order valence-electron chi connectivity index (χ2n) is 16.1. The quantitative estimate of drug-likeness (QED) is 0.0375. The van der Waals surface area contributed by atoms with Gasteiger partial charge < -0.3 is 14.6 Å². The lowest BCUT2D eigenvalue weighted by atomic mass is 10.1. The molecular weight excluding hydrogens is 813 g/mol. The second kappa shape index (κ2) is 54.6. The summed E-state index contributed by atoms with van der Waals surface area (Å²) in [6.07, 6.45) is 86.2. The maximum absolute atomic E-state index is 12.3. The van der Waals surface area contributed by atoms with Gasteiger partial charge in [-0.25, -0.2) is 0 Å². The van der Waals surface area contributed by atoms with Crippen molar-refractivity contribution < 1.29 is 24.2 Å². The highest BCUT2D eigenvalue weighted by Crippen LogP contribution is 2.13. The van der Waals surface area contributed by atoms with Crippen LogP contribution in [-0.4, -0.2) is 36.4 Å². The van der Waals surface area contributed by atoms with Gasteiger partial charge in [-0.3, -0.25) is 9.59 Å². The number of carbonyl (C=O) groups is 2. The van der Waals surface area contributed by atoms with Gasteiger partial charge in [0, 0.05) is 6.42 Å². The van der Waals surface area contributed by atoms with Crippen LogP contribution in [0.15, 0.2) is 170 Å². The van der Waals surface area contributed by atoms with E-state index in [4.69, 9.17) is 9.47 Å². The fourth-order valence-electron chi connectivity index (χ4n) is 6.27. The van der Waals surface area contributed by atoms with Crippen LogP contribution in [0.2, 0.25) is 0 Å². The van der Waals surface area contributed by atoms with Crippen molar-refractivity contribution in [1.82, 2.24) is 0 Å². The zero-order valence-corrected chi connectivity index (χ0v) is 41.6. The first-order chi connectivity index (χ1) is 32.6. The number of carbonyl (C=O) groups excluding carboxylic acids is 2. The van der Waals surface area contributed by atoms with Gasteiger partial charge in [0.05, 0.1) is 13.0 Å². The van der Waals surface area contributed by atoms with Crippen LogP contribution in [-0.2, 0) is 19.1 Å². The lowest BCUT2D eigenvalue weighted by Crippen LogP contribution is -2.28. The Hall–Kier alpha value is -4.74. The molecule has 0 radical (unpaired) electrons. The Morgan fingerprint density at radius 1 is 0.364 bits per heavy atom. The summed E-state index contributed by atoms with van der Waals surface area (Å²) in [5.74, 6) is -0.761. The molecule has 0 bridgehead atoms. The van der Waals surface area contributed by atoms with Gasteiger partial charge in [-0.2, -0.15) is 0 Å². The third kappa shape index (κ3) is 51.9. The summed E-state index contributed by atoms with van der Waals surface area (Å²) in [7, 11) is 0. The standard InChI is InChI=1S/C61H92O5/c1-3-5-7-9-11-13-15-17-19-20-21-22-23-24-25-26-27-28-29-30-31-32-33-34-35-36-37-38-39-40-42-44-46-48-50-52-54-56-61(64)66-59(57-62)58-65-60(63)55-53-51-49-47-45-43-41-18-16-14-12-10-8-6-4-2/h5-8,11-14,17-19,21-22,24-25,27-28,30-31,33-34,36-37,41,45,47,51,53,59,62H,3-4,9-10,15-16,20,23,26,29,32,35,38-40,42-44,46,48-50,52,54-58H2,1-2H3/b7-5-,8-6-,13-11-,14-12-,19-17-,22-21-,25-24-,28-27-,31-30-,34-33-,37-36-,41-18-,47-45-,53-51-. The molecule has 366 valence electrons. The average molecular weight is 905 g/mol. The van der Waals surface area contributed by atoms with E-state index in [1.807, 2.05) is 6.08 Å². The van der Waals surface area contributed by atoms with Crippen molar-refractivity contribution in [2.45, 2.75) is 187 Å². The first kappa shape index (κ1) is 61.3. The predicted octanol–water partition coefficient (Wildman–Crippen LogP) is 17.4. The molecule has 1 unspecified atom stereocenters. The molecule has 1 atom stereocenters. The number of rotatable bonds is 44. The third-order valence-electron chi connectivity index (χ3n) is 10.0. The second-order valence-corrected chi connectivity index (χ2v) is 16.1. The number of aliphatic hydroxyl groups excluding tert-OH is 1. The van der Waals surface area contributed by atoms with Gasteiger partial charge >= 0.3 is 11.9 Å². The van der Waals surface area contributed by atoms with E-state index in [9.17, 15) is 14.7 Å². The van der Waals surface area contributed by atoms with E-state index in [2.05, 4.69) is 172 Å². The minimum atomic E-state index is -0.828. The monoisotopic (exact) mass is 905 g/mol. The van der Waals surface area contributed by atoms with Crippen LogP contribution in [0.1, 0.15) is 181 Å². The van der Waals surface area contributed by atoms with Crippen LogP contribution in [0.4, 0.5) is 0 Å². The largest absolute Gasteiger partial charge is 0.461 e. The highest BCUT2D eigenvalue weighted by Gasteiger charge is 2.15. The first-order valence-corrected chi connectivity index (χ1v) is 25.7. The maximum Gasteiger partial charge on any atom is 0.309 e. The number of hydrogen-bond donors (Lipinski definition) is 1. The molecule has 5 heteroatoms. The van der Waals surface area contributed by atoms with Crippen molar-refractivity contribution in [3.05, 3.63) is 170 Å². The van der Waals surface area contributed by atoms with Gasteiger partial charge in [-0.15, -0.1) is 0 Å². The number of allylic oxidation sites excluding steroid dienone is 27. The molecule has 0 fully saturated rings. The van der Waals surface area contributed by atoms with Crippen LogP contribution in [0.5, 0.6) is 0 Å². The summed E-state index contributed by atoms with van der Waals surface area (Å²) in [6.45, 7) is 3.79. The van der Waals surface area contributed by atoms with E-state index in [-0.39, 0.29) is 25.6 Å². The number of unbranched alkanes of at least 4 members (excludes halogenated alkanes) is 9. The van der Waals surface area contributed by atoms with Crippen molar-refractivity contribution in [2.75, 3.05) is 13.2 Å². The molecule has 0 rings (SSSR count). The SMILES string of the molecule is CC/C=C\C/C=C\C/C=C\C/C=C\C/C=C\C/C=C\C/C=C\C/C=C\C/C=C\CCCCCCCCCCCC(=O)OC(CO)COC(=O)C/C=C\C/C=C\C/C=C\C/C=C\C/C=C\CC. The number of ether oxygens (including phenoxy) is 2. The van der Waals surface area contributed by atoms with Gasteiger partial charge in [0.2, 0.25) is 0 Å². The number of esters is 2. The molecule has 0 heterocycles. The Morgan fingerprint density at radius 2 is 0.652 bits per heavy atom. The van der Waals surface area contributed by atoms with Crippen LogP contribution in [0, 0.1) is 0 Å². The molecule has 0 amide bonds. The molecule has 0 aromatic rings. The number of hydrogen-bond acceptors (Lipinski definition) is 5. The highest BCUT2D eigenvalue weighted by atomic mass is 16.6. The summed E-state index contributed by atoms with van der Waals surface area (Å²) >= 11 is 0. The fraction of sp³-hybridized carbons (Fsp3) is 0.508. The Balaban J connectivity index is 3.67. The van der Waals surface area contributed by atoms with Crippen molar-refractivity contribution in [2.24, 2.45) is 0 Å². The molecule has 0 spiro atoms. The van der Waals surface area contributed by atoms with Gasteiger partial charge in [-0.1, -0.05) is 229 Å². The molecule has 0 aromatic carbocycles. The molecule has 5 nitrogen and oxygen atoms in total. The maximum atomic E-state index is 12.3. The van der Waals surface area contributed by atoms with Crippen LogP contribution in [0.3, 0.4) is 0 Å². The van der Waals surface area contributed by atoms with Crippen LogP contribution >= 0.6 is 0 Å². The first-order valence-electron chi connectivity index (χ1n) is 25.7. The van der Waals surface area contributed by atoms with Gasteiger partial charge in [-0.05, 0) is 109 Å². The summed E-state index contributed by atoms with van der Waals surface area (Å²) in [4.78, 5) is 24.3. The molecule has 0 aliphatic rings. The van der Waals surface area contributed by atoms with E-state index < -0.39 is 12.1 Å². The van der Waals surface area contributed by atoms with E-state index >= 15 is 0 Å². The minimum absolute atomic E-state index is 0.134. The van der Waals surface area contributed by atoms with Crippen molar-refractivity contribution in [3.8, 4) is 0 Å².